The molecule has 2 heterocycles. The fraction of sp³-hybridized carbons (Fsp3) is 0.118. The molecule has 2 aromatic heterocycles. The van der Waals surface area contributed by atoms with Crippen LogP contribution in [-0.4, -0.2) is 15.5 Å². The van der Waals surface area contributed by atoms with Gasteiger partial charge in [-0.15, -0.1) is 0 Å². The number of rotatable bonds is 4. The number of carbonyl (C=O) groups excluding carboxylic acids is 1. The van der Waals surface area contributed by atoms with E-state index in [1.165, 1.54) is 12.4 Å². The number of aromatic nitrogens is 3. The van der Waals surface area contributed by atoms with Gasteiger partial charge >= 0.3 is 0 Å². The number of hydrogen-bond donors (Lipinski definition) is 1. The molecule has 0 saturated carbocycles. The van der Waals surface area contributed by atoms with Crippen molar-refractivity contribution in [1.29, 1.82) is 0 Å². The molecule has 3 rings (SSSR count). The summed E-state index contributed by atoms with van der Waals surface area (Å²) in [5.74, 6) is -0.276. The second-order valence-electron chi connectivity index (χ2n) is 5.21. The molecule has 6 nitrogen and oxygen atoms in total. The molecular formula is C17H16N4O2. The summed E-state index contributed by atoms with van der Waals surface area (Å²) in [7, 11) is 0. The van der Waals surface area contributed by atoms with Gasteiger partial charge in [-0.05, 0) is 30.7 Å². The minimum absolute atomic E-state index is 0.167. The number of hydrogen-bond acceptors (Lipinski definition) is 3. The topological polar surface area (TPSA) is 73.9 Å². The molecule has 0 bridgehead atoms. The fourth-order valence-electron chi connectivity index (χ4n) is 2.30. The summed E-state index contributed by atoms with van der Waals surface area (Å²) in [6, 6.07) is 10.8. The SMILES string of the molecule is CC(NC(=O)c1ccc[n+]([O-])c1)c1ccc(-n2ccnc2)cc1. The number of nitrogens with one attached hydrogen (secondary N) is 1. The van der Waals surface area contributed by atoms with Gasteiger partial charge in [-0.1, -0.05) is 12.1 Å². The molecule has 1 unspecified atom stereocenters. The van der Waals surface area contributed by atoms with Gasteiger partial charge in [0.05, 0.1) is 12.4 Å². The summed E-state index contributed by atoms with van der Waals surface area (Å²) in [6.07, 6.45) is 7.92. The molecule has 0 aliphatic carbocycles. The van der Waals surface area contributed by atoms with Crippen molar-refractivity contribution in [2.75, 3.05) is 0 Å². The zero-order valence-electron chi connectivity index (χ0n) is 12.6. The Bertz CT molecular complexity index is 798. The quantitative estimate of drug-likeness (QED) is 0.592. The Morgan fingerprint density at radius 1 is 1.30 bits per heavy atom. The zero-order chi connectivity index (χ0) is 16.2. The number of pyridine rings is 1. The van der Waals surface area contributed by atoms with Gasteiger partial charge in [-0.2, -0.15) is 4.73 Å². The molecule has 0 fully saturated rings. The van der Waals surface area contributed by atoms with E-state index >= 15 is 0 Å². The van der Waals surface area contributed by atoms with Gasteiger partial charge in [0.25, 0.3) is 5.91 Å². The molecule has 116 valence electrons. The third-order valence-corrected chi connectivity index (χ3v) is 3.58. The lowest BCUT2D eigenvalue weighted by atomic mass is 10.1. The smallest absolute Gasteiger partial charge is 0.257 e. The first-order valence-electron chi connectivity index (χ1n) is 7.21. The van der Waals surface area contributed by atoms with Gasteiger partial charge in [0.1, 0.15) is 5.56 Å². The van der Waals surface area contributed by atoms with Gasteiger partial charge < -0.3 is 15.1 Å². The minimum atomic E-state index is -0.276. The molecule has 0 aliphatic heterocycles. The lowest BCUT2D eigenvalue weighted by Crippen LogP contribution is -2.31. The van der Waals surface area contributed by atoms with E-state index < -0.39 is 0 Å². The highest BCUT2D eigenvalue weighted by Gasteiger charge is 2.13. The third-order valence-electron chi connectivity index (χ3n) is 3.58. The Labute approximate surface area is 133 Å². The highest BCUT2D eigenvalue weighted by Crippen LogP contribution is 2.16. The number of carbonyl (C=O) groups is 1. The minimum Gasteiger partial charge on any atom is -0.619 e. The summed E-state index contributed by atoms with van der Waals surface area (Å²) in [4.78, 5) is 16.2. The van der Waals surface area contributed by atoms with E-state index in [-0.39, 0.29) is 11.9 Å². The van der Waals surface area contributed by atoms with Crippen molar-refractivity contribution in [2.45, 2.75) is 13.0 Å². The monoisotopic (exact) mass is 308 g/mol. The summed E-state index contributed by atoms with van der Waals surface area (Å²) in [6.45, 7) is 1.90. The second kappa shape index (κ2) is 6.31. The van der Waals surface area contributed by atoms with Crippen LogP contribution < -0.4 is 10.0 Å². The maximum absolute atomic E-state index is 12.2. The van der Waals surface area contributed by atoms with E-state index in [0.29, 0.717) is 10.3 Å². The average Bonchev–Trinajstić information content (AvgIpc) is 3.09. The van der Waals surface area contributed by atoms with Crippen LogP contribution in [0.25, 0.3) is 5.69 Å². The predicted molar refractivity (Wildman–Crippen MR) is 84.8 cm³/mol. The van der Waals surface area contributed by atoms with E-state index in [9.17, 15) is 10.0 Å². The van der Waals surface area contributed by atoms with E-state index in [4.69, 9.17) is 0 Å². The zero-order valence-corrected chi connectivity index (χ0v) is 12.6. The summed E-state index contributed by atoms with van der Waals surface area (Å²) < 4.78 is 2.52. The van der Waals surface area contributed by atoms with Crippen LogP contribution in [0, 0.1) is 5.21 Å². The number of nitrogens with zero attached hydrogens (tertiary/aromatic N) is 3. The fourth-order valence-corrected chi connectivity index (χ4v) is 2.30. The van der Waals surface area contributed by atoms with Crippen LogP contribution in [0.1, 0.15) is 28.9 Å². The first kappa shape index (κ1) is 14.8. The van der Waals surface area contributed by atoms with Gasteiger partial charge in [0.15, 0.2) is 12.4 Å². The average molecular weight is 308 g/mol. The molecule has 1 aromatic carbocycles. The largest absolute Gasteiger partial charge is 0.619 e. The van der Waals surface area contributed by atoms with Gasteiger partial charge in [0, 0.05) is 24.1 Å². The molecular weight excluding hydrogens is 292 g/mol. The maximum atomic E-state index is 12.2. The molecule has 1 N–H and O–H groups in total. The standard InChI is InChI=1S/C17H16N4O2/c1-13(19-17(22)15-3-2-9-21(23)11-15)14-4-6-16(7-5-14)20-10-8-18-12-20/h2-13H,1H3,(H,19,22). The van der Waals surface area contributed by atoms with Crippen molar-refractivity contribution in [1.82, 2.24) is 14.9 Å². The molecule has 1 atom stereocenters. The lowest BCUT2D eigenvalue weighted by Gasteiger charge is -2.15. The highest BCUT2D eigenvalue weighted by atomic mass is 16.5. The van der Waals surface area contributed by atoms with E-state index in [1.807, 2.05) is 42.0 Å². The third kappa shape index (κ3) is 3.37. The molecule has 0 saturated heterocycles. The molecule has 0 aliphatic rings. The molecule has 3 aromatic rings. The van der Waals surface area contributed by atoms with Crippen molar-refractivity contribution < 1.29 is 9.52 Å². The number of amides is 1. The predicted octanol–water partition coefficient (Wildman–Crippen LogP) is 2.00. The van der Waals surface area contributed by atoms with Crippen molar-refractivity contribution in [2.24, 2.45) is 0 Å². The highest BCUT2D eigenvalue weighted by molar-refractivity contribution is 5.93. The van der Waals surface area contributed by atoms with Crippen LogP contribution >= 0.6 is 0 Å². The Kier molecular flexibility index (Phi) is 4.05. The Balaban J connectivity index is 1.70. The van der Waals surface area contributed by atoms with E-state index in [0.717, 1.165) is 11.3 Å². The first-order valence-corrected chi connectivity index (χ1v) is 7.21. The Morgan fingerprint density at radius 3 is 2.74 bits per heavy atom. The summed E-state index contributed by atoms with van der Waals surface area (Å²) in [5.41, 5.74) is 2.32. The van der Waals surface area contributed by atoms with Gasteiger partial charge in [-0.25, -0.2) is 4.98 Å². The molecule has 0 spiro atoms. The maximum Gasteiger partial charge on any atom is 0.257 e. The van der Waals surface area contributed by atoms with Crippen molar-refractivity contribution in [3.63, 3.8) is 0 Å². The summed E-state index contributed by atoms with van der Waals surface area (Å²) in [5, 5.41) is 14.1. The van der Waals surface area contributed by atoms with E-state index in [1.54, 1.807) is 24.7 Å². The first-order chi connectivity index (χ1) is 11.1. The van der Waals surface area contributed by atoms with Crippen molar-refractivity contribution in [3.05, 3.63) is 83.8 Å². The van der Waals surface area contributed by atoms with E-state index in [2.05, 4.69) is 10.3 Å². The van der Waals surface area contributed by atoms with Crippen LogP contribution in [0.15, 0.2) is 67.5 Å². The molecule has 23 heavy (non-hydrogen) atoms. The van der Waals surface area contributed by atoms with Gasteiger partial charge in [-0.3, -0.25) is 4.79 Å². The van der Waals surface area contributed by atoms with Crippen molar-refractivity contribution in [3.8, 4) is 5.69 Å². The van der Waals surface area contributed by atoms with Crippen LogP contribution in [0.2, 0.25) is 0 Å². The molecule has 6 heteroatoms. The molecule has 1 amide bonds. The Hall–Kier alpha value is -3.15. The van der Waals surface area contributed by atoms with Crippen LogP contribution in [0.3, 0.4) is 0 Å². The number of benzene rings is 1. The van der Waals surface area contributed by atoms with Crippen LogP contribution in [0.5, 0.6) is 0 Å². The van der Waals surface area contributed by atoms with Gasteiger partial charge in [0.2, 0.25) is 0 Å². The molecule has 0 radical (unpaired) electrons. The second-order valence-corrected chi connectivity index (χ2v) is 5.21. The van der Waals surface area contributed by atoms with Crippen LogP contribution in [0.4, 0.5) is 0 Å². The number of imidazole rings is 1. The summed E-state index contributed by atoms with van der Waals surface area (Å²) >= 11 is 0. The normalized spacial score (nSPS) is 11.9. The lowest BCUT2D eigenvalue weighted by molar-refractivity contribution is -0.605. The van der Waals surface area contributed by atoms with Crippen LogP contribution in [-0.2, 0) is 0 Å². The Morgan fingerprint density at radius 2 is 2.09 bits per heavy atom. The van der Waals surface area contributed by atoms with Crippen molar-refractivity contribution >= 4 is 5.91 Å².